The normalized spacial score (nSPS) is 16.4. The molecule has 1 heterocycles. The monoisotopic (exact) mass is 276 g/mol. The fourth-order valence-electron chi connectivity index (χ4n) is 2.89. The molecule has 104 valence electrons. The third kappa shape index (κ3) is 2.33. The average Bonchev–Trinajstić information content (AvgIpc) is 3.05. The molecule has 0 unspecified atom stereocenters. The summed E-state index contributed by atoms with van der Waals surface area (Å²) < 4.78 is 11.0. The lowest BCUT2D eigenvalue weighted by Crippen LogP contribution is -2.01. The van der Waals surface area contributed by atoms with Gasteiger partial charge in [0.05, 0.1) is 13.2 Å². The second-order valence-electron chi connectivity index (χ2n) is 5.20. The summed E-state index contributed by atoms with van der Waals surface area (Å²) in [5.41, 5.74) is 1.22. The minimum Gasteiger partial charge on any atom is -0.347 e. The standard InChI is InChI=1S/C19H16O2/c1-3-7-16-14(5-1)13-15-6-2-4-8-17(15)18(16)9-10-19-20-11-12-21-19/h1-10,13,19H,11-12H2/b10-9+. The Morgan fingerprint density at radius 1 is 0.810 bits per heavy atom. The Hall–Kier alpha value is -2.16. The smallest absolute Gasteiger partial charge is 0.177 e. The summed E-state index contributed by atoms with van der Waals surface area (Å²) in [6.07, 6.45) is 3.91. The number of ether oxygens (including phenoxy) is 2. The molecule has 0 saturated carbocycles. The van der Waals surface area contributed by atoms with Crippen LogP contribution in [0.1, 0.15) is 5.56 Å². The molecule has 0 amide bonds. The molecule has 3 aromatic carbocycles. The van der Waals surface area contributed by atoms with Gasteiger partial charge in [-0.3, -0.25) is 0 Å². The van der Waals surface area contributed by atoms with Gasteiger partial charge in [-0.25, -0.2) is 0 Å². The highest BCUT2D eigenvalue weighted by molar-refractivity contribution is 6.06. The molecule has 0 bridgehead atoms. The molecule has 0 aromatic heterocycles. The van der Waals surface area contributed by atoms with Gasteiger partial charge in [-0.1, -0.05) is 54.6 Å². The Bertz CT molecular complexity index is 760. The van der Waals surface area contributed by atoms with Crippen LogP contribution in [-0.4, -0.2) is 19.5 Å². The molecule has 0 spiro atoms. The Labute approximate surface area is 123 Å². The lowest BCUT2D eigenvalue weighted by atomic mass is 9.96. The van der Waals surface area contributed by atoms with E-state index in [1.807, 2.05) is 6.08 Å². The van der Waals surface area contributed by atoms with E-state index in [9.17, 15) is 0 Å². The first kappa shape index (κ1) is 12.6. The van der Waals surface area contributed by atoms with E-state index in [1.54, 1.807) is 0 Å². The van der Waals surface area contributed by atoms with Crippen LogP contribution in [0.25, 0.3) is 27.6 Å². The molecule has 1 fully saturated rings. The Balaban J connectivity index is 1.93. The van der Waals surface area contributed by atoms with E-state index in [1.165, 1.54) is 27.1 Å². The maximum absolute atomic E-state index is 5.49. The fourth-order valence-corrected chi connectivity index (χ4v) is 2.89. The van der Waals surface area contributed by atoms with E-state index in [0.717, 1.165) is 0 Å². The molecule has 0 atom stereocenters. The van der Waals surface area contributed by atoms with Crippen LogP contribution in [0.5, 0.6) is 0 Å². The molecule has 4 rings (SSSR count). The van der Waals surface area contributed by atoms with Gasteiger partial charge in [0.1, 0.15) is 0 Å². The summed E-state index contributed by atoms with van der Waals surface area (Å²) in [6.45, 7) is 1.34. The van der Waals surface area contributed by atoms with Gasteiger partial charge in [-0.05, 0) is 39.3 Å². The zero-order valence-electron chi connectivity index (χ0n) is 11.7. The van der Waals surface area contributed by atoms with Crippen molar-refractivity contribution in [3.63, 3.8) is 0 Å². The van der Waals surface area contributed by atoms with Gasteiger partial charge >= 0.3 is 0 Å². The van der Waals surface area contributed by atoms with E-state index in [4.69, 9.17) is 9.47 Å². The summed E-state index contributed by atoms with van der Waals surface area (Å²) >= 11 is 0. The summed E-state index contributed by atoms with van der Waals surface area (Å²) in [5.74, 6) is 0. The van der Waals surface area contributed by atoms with Crippen LogP contribution in [0.3, 0.4) is 0 Å². The number of benzene rings is 3. The van der Waals surface area contributed by atoms with Crippen molar-refractivity contribution in [3.05, 3.63) is 66.2 Å². The van der Waals surface area contributed by atoms with E-state index in [2.05, 4.69) is 60.7 Å². The number of rotatable bonds is 2. The van der Waals surface area contributed by atoms with Gasteiger partial charge in [0.15, 0.2) is 6.29 Å². The van der Waals surface area contributed by atoms with Crippen LogP contribution in [0.4, 0.5) is 0 Å². The van der Waals surface area contributed by atoms with Crippen molar-refractivity contribution in [2.24, 2.45) is 0 Å². The molecule has 0 radical (unpaired) electrons. The van der Waals surface area contributed by atoms with Crippen LogP contribution in [0.15, 0.2) is 60.7 Å². The molecule has 0 N–H and O–H groups in total. The zero-order valence-corrected chi connectivity index (χ0v) is 11.7. The van der Waals surface area contributed by atoms with Crippen LogP contribution in [0.2, 0.25) is 0 Å². The molecular formula is C19H16O2. The van der Waals surface area contributed by atoms with Gasteiger partial charge in [-0.2, -0.15) is 0 Å². The first-order chi connectivity index (χ1) is 10.4. The van der Waals surface area contributed by atoms with Crippen molar-refractivity contribution >= 4 is 27.6 Å². The number of fused-ring (bicyclic) bond motifs is 2. The second kappa shape index (κ2) is 5.32. The van der Waals surface area contributed by atoms with Crippen molar-refractivity contribution in [2.75, 3.05) is 13.2 Å². The predicted molar refractivity (Wildman–Crippen MR) is 86.2 cm³/mol. The van der Waals surface area contributed by atoms with E-state index in [-0.39, 0.29) is 6.29 Å². The maximum Gasteiger partial charge on any atom is 0.177 e. The second-order valence-corrected chi connectivity index (χ2v) is 5.20. The minimum atomic E-state index is -0.220. The van der Waals surface area contributed by atoms with Gasteiger partial charge in [0.25, 0.3) is 0 Å². The fraction of sp³-hybridized carbons (Fsp3) is 0.158. The lowest BCUT2D eigenvalue weighted by molar-refractivity contribution is -0.000901. The van der Waals surface area contributed by atoms with Crippen LogP contribution in [0, 0.1) is 0 Å². The summed E-state index contributed by atoms with van der Waals surface area (Å²) in [4.78, 5) is 0. The summed E-state index contributed by atoms with van der Waals surface area (Å²) in [6, 6.07) is 19.2. The lowest BCUT2D eigenvalue weighted by Gasteiger charge is -2.09. The van der Waals surface area contributed by atoms with Crippen molar-refractivity contribution in [1.82, 2.24) is 0 Å². The first-order valence-corrected chi connectivity index (χ1v) is 7.24. The highest BCUT2D eigenvalue weighted by atomic mass is 16.7. The Morgan fingerprint density at radius 3 is 2.00 bits per heavy atom. The van der Waals surface area contributed by atoms with E-state index < -0.39 is 0 Å². The third-order valence-corrected chi connectivity index (χ3v) is 3.88. The van der Waals surface area contributed by atoms with Crippen molar-refractivity contribution in [2.45, 2.75) is 6.29 Å². The van der Waals surface area contributed by atoms with Crippen molar-refractivity contribution < 1.29 is 9.47 Å². The Kier molecular flexibility index (Phi) is 3.18. The largest absolute Gasteiger partial charge is 0.347 e. The van der Waals surface area contributed by atoms with E-state index in [0.29, 0.717) is 13.2 Å². The van der Waals surface area contributed by atoms with Crippen LogP contribution in [-0.2, 0) is 9.47 Å². The van der Waals surface area contributed by atoms with Gasteiger partial charge in [-0.15, -0.1) is 0 Å². The molecule has 3 aromatic rings. The molecule has 2 nitrogen and oxygen atoms in total. The number of hydrogen-bond donors (Lipinski definition) is 0. The minimum absolute atomic E-state index is 0.220. The van der Waals surface area contributed by atoms with Crippen LogP contribution >= 0.6 is 0 Å². The summed E-state index contributed by atoms with van der Waals surface area (Å²) in [5, 5.41) is 5.02. The highest BCUT2D eigenvalue weighted by Gasteiger charge is 2.12. The van der Waals surface area contributed by atoms with Crippen molar-refractivity contribution in [1.29, 1.82) is 0 Å². The van der Waals surface area contributed by atoms with Gasteiger partial charge in [0.2, 0.25) is 0 Å². The Morgan fingerprint density at radius 2 is 1.38 bits per heavy atom. The molecular weight excluding hydrogens is 260 g/mol. The maximum atomic E-state index is 5.49. The molecule has 21 heavy (non-hydrogen) atoms. The number of hydrogen-bond acceptors (Lipinski definition) is 2. The quantitative estimate of drug-likeness (QED) is 0.647. The first-order valence-electron chi connectivity index (χ1n) is 7.24. The third-order valence-electron chi connectivity index (χ3n) is 3.88. The molecule has 1 aliphatic heterocycles. The van der Waals surface area contributed by atoms with Crippen LogP contribution < -0.4 is 0 Å². The topological polar surface area (TPSA) is 18.5 Å². The average molecular weight is 276 g/mol. The SMILES string of the molecule is C(=C\C1OCCO1)/c1c2ccccc2cc2ccccc12. The molecule has 1 aliphatic rings. The molecule has 1 saturated heterocycles. The molecule has 0 aliphatic carbocycles. The van der Waals surface area contributed by atoms with Gasteiger partial charge < -0.3 is 9.47 Å². The van der Waals surface area contributed by atoms with E-state index >= 15 is 0 Å². The predicted octanol–water partition coefficient (Wildman–Crippen LogP) is 4.38. The van der Waals surface area contributed by atoms with Gasteiger partial charge in [0, 0.05) is 0 Å². The summed E-state index contributed by atoms with van der Waals surface area (Å²) in [7, 11) is 0. The zero-order chi connectivity index (χ0) is 14.1. The molecule has 2 heteroatoms. The van der Waals surface area contributed by atoms with Crippen molar-refractivity contribution in [3.8, 4) is 0 Å². The highest BCUT2D eigenvalue weighted by Crippen LogP contribution is 2.29.